The van der Waals surface area contributed by atoms with Crippen LogP contribution < -0.4 is 0 Å². The average molecular weight is 357 g/mol. The SMILES string of the molecule is O=[N+]([O-])c1ccc(C=Cc2cn(-c3ccccc3)nc2-c2ccccc2)o1. The molecule has 4 rings (SSSR count). The van der Waals surface area contributed by atoms with E-state index in [0.717, 1.165) is 22.5 Å². The summed E-state index contributed by atoms with van der Waals surface area (Å²) in [5.41, 5.74) is 3.63. The molecule has 0 radical (unpaired) electrons. The molecule has 0 aliphatic rings. The highest BCUT2D eigenvalue weighted by atomic mass is 16.6. The molecule has 2 aromatic heterocycles. The average Bonchev–Trinajstić information content (AvgIpc) is 3.35. The Hall–Kier alpha value is -3.93. The molecule has 0 N–H and O–H groups in total. The number of rotatable bonds is 5. The van der Waals surface area contributed by atoms with E-state index < -0.39 is 4.92 Å². The topological polar surface area (TPSA) is 74.1 Å². The number of nitro groups is 1. The van der Waals surface area contributed by atoms with Crippen molar-refractivity contribution in [3.63, 3.8) is 0 Å². The number of benzene rings is 2. The quantitative estimate of drug-likeness (QED) is 0.363. The van der Waals surface area contributed by atoms with Gasteiger partial charge in [-0.05, 0) is 30.4 Å². The summed E-state index contributed by atoms with van der Waals surface area (Å²) in [5, 5.41) is 15.5. The molecule has 0 unspecified atom stereocenters. The number of furan rings is 1. The van der Waals surface area contributed by atoms with Crippen molar-refractivity contribution in [1.82, 2.24) is 9.78 Å². The molecule has 0 fully saturated rings. The fourth-order valence-electron chi connectivity index (χ4n) is 2.74. The first-order valence-corrected chi connectivity index (χ1v) is 8.33. The molecular weight excluding hydrogens is 342 g/mol. The Balaban J connectivity index is 1.74. The number of hydrogen-bond donors (Lipinski definition) is 0. The standard InChI is InChI=1S/C21H15N3O3/c25-24(26)20-14-13-19(27-20)12-11-17-15-23(18-9-5-2-6-10-18)22-21(17)16-7-3-1-4-8-16/h1-15H. The van der Waals surface area contributed by atoms with Gasteiger partial charge in [0.1, 0.15) is 10.7 Å². The van der Waals surface area contributed by atoms with Gasteiger partial charge in [0.05, 0.1) is 17.4 Å². The highest BCUT2D eigenvalue weighted by Gasteiger charge is 2.12. The van der Waals surface area contributed by atoms with Gasteiger partial charge in [-0.15, -0.1) is 0 Å². The van der Waals surface area contributed by atoms with E-state index in [2.05, 4.69) is 0 Å². The van der Waals surface area contributed by atoms with Gasteiger partial charge >= 0.3 is 5.88 Å². The molecule has 0 atom stereocenters. The minimum atomic E-state index is -0.555. The van der Waals surface area contributed by atoms with Gasteiger partial charge in [0, 0.05) is 17.3 Å². The maximum absolute atomic E-state index is 10.8. The molecule has 0 aliphatic carbocycles. The van der Waals surface area contributed by atoms with Crippen LogP contribution >= 0.6 is 0 Å². The minimum absolute atomic E-state index is 0.280. The molecule has 0 spiro atoms. The summed E-state index contributed by atoms with van der Waals surface area (Å²) >= 11 is 0. The molecule has 27 heavy (non-hydrogen) atoms. The van der Waals surface area contributed by atoms with Crippen LogP contribution in [0.5, 0.6) is 0 Å². The van der Waals surface area contributed by atoms with Crippen molar-refractivity contribution in [2.24, 2.45) is 0 Å². The molecule has 4 aromatic rings. The predicted molar refractivity (Wildman–Crippen MR) is 103 cm³/mol. The van der Waals surface area contributed by atoms with Gasteiger partial charge in [-0.3, -0.25) is 10.1 Å². The van der Waals surface area contributed by atoms with E-state index in [9.17, 15) is 10.1 Å². The second-order valence-electron chi connectivity index (χ2n) is 5.85. The third-order valence-corrected chi connectivity index (χ3v) is 4.03. The summed E-state index contributed by atoms with van der Waals surface area (Å²) in [6, 6.07) is 22.6. The molecule has 0 saturated heterocycles. The first-order chi connectivity index (χ1) is 13.2. The molecule has 6 heteroatoms. The van der Waals surface area contributed by atoms with Crippen LogP contribution in [-0.4, -0.2) is 14.7 Å². The van der Waals surface area contributed by atoms with Crippen molar-refractivity contribution in [1.29, 1.82) is 0 Å². The maximum atomic E-state index is 10.8. The fraction of sp³-hybridized carbons (Fsp3) is 0. The maximum Gasteiger partial charge on any atom is 0.433 e. The zero-order chi connectivity index (χ0) is 18.6. The molecule has 132 valence electrons. The van der Waals surface area contributed by atoms with Crippen LogP contribution in [0.15, 0.2) is 83.4 Å². The number of hydrogen-bond acceptors (Lipinski definition) is 4. The molecule has 0 bridgehead atoms. The smallest absolute Gasteiger partial charge is 0.401 e. The van der Waals surface area contributed by atoms with Crippen molar-refractivity contribution in [3.05, 3.63) is 100 Å². The Kier molecular flexibility index (Phi) is 4.37. The second-order valence-corrected chi connectivity index (χ2v) is 5.85. The molecule has 0 aliphatic heterocycles. The molecule has 0 saturated carbocycles. The highest BCUT2D eigenvalue weighted by Crippen LogP contribution is 2.26. The predicted octanol–water partition coefficient (Wildman–Crippen LogP) is 5.21. The van der Waals surface area contributed by atoms with Crippen LogP contribution in [0.4, 0.5) is 5.88 Å². The number of aromatic nitrogens is 2. The van der Waals surface area contributed by atoms with Crippen LogP contribution in [0.1, 0.15) is 11.3 Å². The lowest BCUT2D eigenvalue weighted by Crippen LogP contribution is -1.93. The third kappa shape index (κ3) is 3.55. The van der Waals surface area contributed by atoms with Gasteiger partial charge in [0.25, 0.3) is 0 Å². The van der Waals surface area contributed by atoms with Gasteiger partial charge in [-0.2, -0.15) is 5.10 Å². The van der Waals surface area contributed by atoms with E-state index >= 15 is 0 Å². The van der Waals surface area contributed by atoms with Gasteiger partial charge in [0.15, 0.2) is 0 Å². The number of para-hydroxylation sites is 1. The molecule has 2 heterocycles. The third-order valence-electron chi connectivity index (χ3n) is 4.03. The molecular formula is C21H15N3O3. The van der Waals surface area contributed by atoms with E-state index in [1.165, 1.54) is 6.07 Å². The Labute approximate surface area is 155 Å². The van der Waals surface area contributed by atoms with Crippen molar-refractivity contribution in [2.45, 2.75) is 0 Å². The Bertz CT molecular complexity index is 1100. The first kappa shape index (κ1) is 16.5. The monoisotopic (exact) mass is 357 g/mol. The van der Waals surface area contributed by atoms with Crippen molar-refractivity contribution < 1.29 is 9.34 Å². The zero-order valence-corrected chi connectivity index (χ0v) is 14.2. The second kappa shape index (κ2) is 7.13. The number of nitrogens with zero attached hydrogens (tertiary/aromatic N) is 3. The lowest BCUT2D eigenvalue weighted by atomic mass is 10.1. The molecule has 2 aromatic carbocycles. The summed E-state index contributed by atoms with van der Waals surface area (Å²) in [6.07, 6.45) is 5.47. The van der Waals surface area contributed by atoms with Gasteiger partial charge in [0.2, 0.25) is 0 Å². The van der Waals surface area contributed by atoms with E-state index in [-0.39, 0.29) is 5.88 Å². The summed E-state index contributed by atoms with van der Waals surface area (Å²) in [5.74, 6) is 0.131. The fourth-order valence-corrected chi connectivity index (χ4v) is 2.74. The first-order valence-electron chi connectivity index (χ1n) is 8.33. The van der Waals surface area contributed by atoms with E-state index in [1.54, 1.807) is 12.1 Å². The summed E-state index contributed by atoms with van der Waals surface area (Å²) in [6.45, 7) is 0. The van der Waals surface area contributed by atoms with E-state index in [4.69, 9.17) is 9.52 Å². The lowest BCUT2D eigenvalue weighted by molar-refractivity contribution is -0.402. The van der Waals surface area contributed by atoms with Crippen LogP contribution in [0.25, 0.3) is 29.1 Å². The minimum Gasteiger partial charge on any atom is -0.401 e. The zero-order valence-electron chi connectivity index (χ0n) is 14.2. The highest BCUT2D eigenvalue weighted by molar-refractivity contribution is 5.78. The van der Waals surface area contributed by atoms with E-state index in [0.29, 0.717) is 5.76 Å². The normalized spacial score (nSPS) is 11.1. The van der Waals surface area contributed by atoms with Crippen molar-refractivity contribution in [2.75, 3.05) is 0 Å². The molecule has 0 amide bonds. The Morgan fingerprint density at radius 3 is 2.30 bits per heavy atom. The summed E-state index contributed by atoms with van der Waals surface area (Å²) in [7, 11) is 0. The molecule has 6 nitrogen and oxygen atoms in total. The Morgan fingerprint density at radius 2 is 1.63 bits per heavy atom. The summed E-state index contributed by atoms with van der Waals surface area (Å²) in [4.78, 5) is 10.2. The van der Waals surface area contributed by atoms with Gasteiger partial charge in [-0.1, -0.05) is 48.5 Å². The van der Waals surface area contributed by atoms with Gasteiger partial charge in [-0.25, -0.2) is 4.68 Å². The van der Waals surface area contributed by atoms with Crippen molar-refractivity contribution >= 4 is 18.0 Å². The van der Waals surface area contributed by atoms with Crippen LogP contribution in [-0.2, 0) is 0 Å². The Morgan fingerprint density at radius 1 is 0.926 bits per heavy atom. The van der Waals surface area contributed by atoms with Gasteiger partial charge < -0.3 is 4.42 Å². The van der Waals surface area contributed by atoms with Crippen LogP contribution in [0, 0.1) is 10.1 Å². The van der Waals surface area contributed by atoms with Crippen LogP contribution in [0.3, 0.4) is 0 Å². The van der Waals surface area contributed by atoms with Crippen LogP contribution in [0.2, 0.25) is 0 Å². The summed E-state index contributed by atoms with van der Waals surface area (Å²) < 4.78 is 7.00. The largest absolute Gasteiger partial charge is 0.433 e. The lowest BCUT2D eigenvalue weighted by Gasteiger charge is -2.00. The van der Waals surface area contributed by atoms with Crippen molar-refractivity contribution in [3.8, 4) is 16.9 Å². The van der Waals surface area contributed by atoms with E-state index in [1.807, 2.05) is 77.6 Å².